The Morgan fingerprint density at radius 3 is 1.81 bits per heavy atom. The molecule has 2 aromatic heterocycles. The summed E-state index contributed by atoms with van der Waals surface area (Å²) >= 11 is 0. The van der Waals surface area contributed by atoms with Gasteiger partial charge >= 0.3 is 11.9 Å². The van der Waals surface area contributed by atoms with Gasteiger partial charge in [-0.05, 0) is 6.42 Å². The maximum Gasteiger partial charge on any atom is 0.358 e. The number of rotatable bonds is 7. The van der Waals surface area contributed by atoms with Gasteiger partial charge in [0.2, 0.25) is 20.0 Å². The first-order chi connectivity index (χ1) is 16.8. The lowest BCUT2D eigenvalue weighted by Crippen LogP contribution is -2.37. The van der Waals surface area contributed by atoms with Gasteiger partial charge in [-0.2, -0.15) is 8.61 Å². The molecule has 0 bridgehead atoms. The Hall–Kier alpha value is -2.82. The third kappa shape index (κ3) is 6.89. The smallest absolute Gasteiger partial charge is 0.358 e. The molecular formula is C20H30N6O8S2. The number of unbranched alkanes of at least 4 members (excludes halogenated alkanes) is 1. The molecule has 36 heavy (non-hydrogen) atoms. The highest BCUT2D eigenvalue weighted by Gasteiger charge is 2.27. The van der Waals surface area contributed by atoms with Crippen LogP contribution in [0.15, 0.2) is 12.4 Å². The largest absolute Gasteiger partial charge is 0.476 e. The summed E-state index contributed by atoms with van der Waals surface area (Å²) in [4.78, 5) is 30.5. The Morgan fingerprint density at radius 1 is 0.889 bits per heavy atom. The number of aromatic carboxylic acids is 1. The number of carboxylic acid groups (broad SMARTS) is 1. The first-order valence-electron chi connectivity index (χ1n) is 11.2. The van der Waals surface area contributed by atoms with E-state index in [-0.39, 0.29) is 24.5 Å². The minimum absolute atomic E-state index is 0.0506. The van der Waals surface area contributed by atoms with Crippen LogP contribution in [0.25, 0.3) is 0 Å². The third-order valence-electron chi connectivity index (χ3n) is 5.63. The number of esters is 1. The molecule has 2 aromatic rings. The molecule has 4 rings (SSSR count). The molecule has 0 unspecified atom stereocenters. The summed E-state index contributed by atoms with van der Waals surface area (Å²) < 4.78 is 56.8. The van der Waals surface area contributed by atoms with Crippen molar-refractivity contribution >= 4 is 32.0 Å². The van der Waals surface area contributed by atoms with E-state index >= 15 is 0 Å². The first kappa shape index (κ1) is 27.8. The van der Waals surface area contributed by atoms with Gasteiger partial charge in [0.1, 0.15) is 11.6 Å². The van der Waals surface area contributed by atoms with Crippen molar-refractivity contribution < 1.29 is 36.3 Å². The van der Waals surface area contributed by atoms with Crippen LogP contribution in [0.5, 0.6) is 0 Å². The second-order valence-electron chi connectivity index (χ2n) is 8.46. The number of hydrogen-bond donors (Lipinski definition) is 1. The lowest BCUT2D eigenvalue weighted by molar-refractivity contribution is 0.0492. The Kier molecular flexibility index (Phi) is 8.53. The minimum atomic E-state index is -3.25. The molecule has 1 N–H and O–H groups in total. The van der Waals surface area contributed by atoms with Crippen molar-refractivity contribution in [3.05, 3.63) is 35.4 Å². The van der Waals surface area contributed by atoms with E-state index in [2.05, 4.69) is 9.97 Å². The Bertz CT molecular complexity index is 1330. The maximum atomic E-state index is 11.8. The Labute approximate surface area is 209 Å². The number of carboxylic acids is 1. The summed E-state index contributed by atoms with van der Waals surface area (Å²) in [5.41, 5.74) is 0.191. The molecule has 200 valence electrons. The van der Waals surface area contributed by atoms with Crippen LogP contribution in [-0.4, -0.2) is 93.8 Å². The molecule has 0 saturated heterocycles. The number of carbonyl (C=O) groups excluding carboxylic acids is 1. The van der Waals surface area contributed by atoms with Crippen LogP contribution in [0.2, 0.25) is 0 Å². The molecule has 0 spiro atoms. The molecule has 4 heterocycles. The Morgan fingerprint density at radius 2 is 1.36 bits per heavy atom. The molecule has 0 atom stereocenters. The average Bonchev–Trinajstić information content (AvgIpc) is 3.42. The number of aromatic nitrogens is 4. The molecule has 0 aliphatic carbocycles. The summed E-state index contributed by atoms with van der Waals surface area (Å²) in [5.74, 6) is -0.516. The SMILES string of the molecule is CCCCOC(=O)c1cn2c(n1)CN(S(C)(=O)=O)CC2.CS(=O)(=O)N1CCn2cc(C(=O)O)nc2C1. The van der Waals surface area contributed by atoms with E-state index in [0.717, 1.165) is 19.1 Å². The van der Waals surface area contributed by atoms with Gasteiger partial charge in [0.15, 0.2) is 11.4 Å². The number of nitrogens with zero attached hydrogens (tertiary/aromatic N) is 6. The second kappa shape index (κ2) is 11.1. The van der Waals surface area contributed by atoms with Crippen molar-refractivity contribution in [3.8, 4) is 0 Å². The fourth-order valence-corrected chi connectivity index (χ4v) is 5.14. The third-order valence-corrected chi connectivity index (χ3v) is 8.13. The number of carbonyl (C=O) groups is 2. The van der Waals surface area contributed by atoms with E-state index in [1.807, 2.05) is 6.92 Å². The summed E-state index contributed by atoms with van der Waals surface area (Å²) in [5, 5.41) is 8.75. The molecule has 2 aliphatic rings. The number of ether oxygens (including phenoxy) is 1. The summed E-state index contributed by atoms with van der Waals surface area (Å²) in [6, 6.07) is 0. The van der Waals surface area contributed by atoms with Crippen LogP contribution in [0.4, 0.5) is 0 Å². The summed E-state index contributed by atoms with van der Waals surface area (Å²) in [6.45, 7) is 4.40. The van der Waals surface area contributed by atoms with Gasteiger partial charge in [0, 0.05) is 38.6 Å². The van der Waals surface area contributed by atoms with Gasteiger partial charge in [-0.3, -0.25) is 0 Å². The molecule has 0 radical (unpaired) electrons. The standard InChI is InChI=1S/C12H19N3O4S.C8H11N3O4S/c1-3-4-7-19-12(16)10-8-14-5-6-15(20(2,17)18)9-11(14)13-10;1-16(14,15)11-3-2-10-4-6(8(12)13)9-7(10)5-11/h8H,3-7,9H2,1-2H3;4H,2-3,5H2,1H3,(H,12,13). The molecule has 0 aromatic carbocycles. The predicted molar refractivity (Wildman–Crippen MR) is 127 cm³/mol. The minimum Gasteiger partial charge on any atom is -0.476 e. The van der Waals surface area contributed by atoms with Crippen LogP contribution in [0.3, 0.4) is 0 Å². The van der Waals surface area contributed by atoms with E-state index in [1.165, 1.54) is 21.1 Å². The van der Waals surface area contributed by atoms with Crippen molar-refractivity contribution in [2.45, 2.75) is 45.9 Å². The van der Waals surface area contributed by atoms with E-state index in [4.69, 9.17) is 9.84 Å². The van der Waals surface area contributed by atoms with Gasteiger partial charge in [0.25, 0.3) is 0 Å². The fraction of sp³-hybridized carbons (Fsp3) is 0.600. The zero-order valence-corrected chi connectivity index (χ0v) is 22.0. The molecule has 2 aliphatic heterocycles. The van der Waals surface area contributed by atoms with Gasteiger partial charge in [0.05, 0.1) is 32.2 Å². The van der Waals surface area contributed by atoms with Crippen molar-refractivity contribution in [1.29, 1.82) is 0 Å². The van der Waals surface area contributed by atoms with Crippen molar-refractivity contribution in [1.82, 2.24) is 27.7 Å². The zero-order chi connectivity index (χ0) is 26.7. The van der Waals surface area contributed by atoms with Crippen molar-refractivity contribution in [3.63, 3.8) is 0 Å². The van der Waals surface area contributed by atoms with Crippen LogP contribution in [0, 0.1) is 0 Å². The first-order valence-corrected chi connectivity index (χ1v) is 14.9. The number of hydrogen-bond acceptors (Lipinski definition) is 9. The highest BCUT2D eigenvalue weighted by molar-refractivity contribution is 7.88. The molecule has 0 amide bonds. The average molecular weight is 547 g/mol. The molecule has 0 saturated carbocycles. The van der Waals surface area contributed by atoms with Crippen LogP contribution >= 0.6 is 0 Å². The van der Waals surface area contributed by atoms with Crippen LogP contribution < -0.4 is 0 Å². The van der Waals surface area contributed by atoms with E-state index in [1.54, 1.807) is 15.3 Å². The maximum absolute atomic E-state index is 11.8. The lowest BCUT2D eigenvalue weighted by atomic mass is 10.4. The van der Waals surface area contributed by atoms with Crippen molar-refractivity contribution in [2.75, 3.05) is 32.2 Å². The zero-order valence-electron chi connectivity index (χ0n) is 20.3. The normalized spacial score (nSPS) is 16.4. The van der Waals surface area contributed by atoms with E-state index in [0.29, 0.717) is 44.4 Å². The topological polar surface area (TPSA) is 174 Å². The van der Waals surface area contributed by atoms with Gasteiger partial charge in [-0.1, -0.05) is 13.3 Å². The molecule has 16 heteroatoms. The summed E-state index contributed by atoms with van der Waals surface area (Å²) in [7, 11) is -6.48. The Balaban J connectivity index is 0.000000205. The predicted octanol–water partition coefficient (Wildman–Crippen LogP) is -0.0283. The number of imidazole rings is 2. The van der Waals surface area contributed by atoms with Crippen molar-refractivity contribution in [2.24, 2.45) is 0 Å². The highest BCUT2D eigenvalue weighted by Crippen LogP contribution is 2.16. The highest BCUT2D eigenvalue weighted by atomic mass is 32.2. The number of sulfonamides is 2. The fourth-order valence-electron chi connectivity index (χ4n) is 3.61. The second-order valence-corrected chi connectivity index (χ2v) is 12.4. The molecular weight excluding hydrogens is 516 g/mol. The lowest BCUT2D eigenvalue weighted by Gasteiger charge is -2.25. The monoisotopic (exact) mass is 546 g/mol. The van der Waals surface area contributed by atoms with Gasteiger partial charge < -0.3 is 19.0 Å². The van der Waals surface area contributed by atoms with E-state index < -0.39 is 32.0 Å². The van der Waals surface area contributed by atoms with Gasteiger partial charge in [-0.15, -0.1) is 0 Å². The molecule has 0 fully saturated rings. The van der Waals surface area contributed by atoms with Crippen LogP contribution in [-0.2, 0) is 51.0 Å². The van der Waals surface area contributed by atoms with E-state index in [9.17, 15) is 26.4 Å². The summed E-state index contributed by atoms with van der Waals surface area (Å²) in [6.07, 6.45) is 7.13. The molecule has 14 nitrogen and oxygen atoms in total. The van der Waals surface area contributed by atoms with Gasteiger partial charge in [-0.25, -0.2) is 36.4 Å². The van der Waals surface area contributed by atoms with Crippen LogP contribution in [0.1, 0.15) is 52.4 Å². The number of fused-ring (bicyclic) bond motifs is 2. The quantitative estimate of drug-likeness (QED) is 0.367.